The molecule has 0 aliphatic heterocycles. The van der Waals surface area contributed by atoms with E-state index in [2.05, 4.69) is 0 Å². The molecule has 0 N–H and O–H groups in total. The molecule has 6 heteroatoms. The van der Waals surface area contributed by atoms with Crippen LogP contribution in [0.3, 0.4) is 0 Å². The molecule has 21 heavy (non-hydrogen) atoms. The van der Waals surface area contributed by atoms with E-state index < -0.39 is 4.92 Å². The number of nitrogens with zero attached hydrogens (tertiary/aromatic N) is 1. The van der Waals surface area contributed by atoms with Crippen molar-refractivity contribution in [2.45, 2.75) is 17.6 Å². The van der Waals surface area contributed by atoms with Gasteiger partial charge in [0, 0.05) is 22.3 Å². The molecular formula is C15H12ClNO3S. The number of ketones is 1. The molecule has 0 aliphatic rings. The Morgan fingerprint density at radius 3 is 2.48 bits per heavy atom. The van der Waals surface area contributed by atoms with Crippen LogP contribution in [0.2, 0.25) is 5.02 Å². The monoisotopic (exact) mass is 321 g/mol. The summed E-state index contributed by atoms with van der Waals surface area (Å²) < 4.78 is 0. The predicted octanol–water partition coefficient (Wildman–Crippen LogP) is 4.74. The normalized spacial score (nSPS) is 10.4. The first-order valence-electron chi connectivity index (χ1n) is 6.14. The molecule has 2 rings (SSSR count). The highest BCUT2D eigenvalue weighted by Crippen LogP contribution is 2.32. The molecule has 2 aromatic carbocycles. The summed E-state index contributed by atoms with van der Waals surface area (Å²) in [6.45, 7) is 1.51. The number of hydrogen-bond donors (Lipinski definition) is 0. The fourth-order valence-electron chi connectivity index (χ4n) is 1.80. The first kappa shape index (κ1) is 15.5. The van der Waals surface area contributed by atoms with Crippen LogP contribution in [-0.2, 0) is 5.75 Å². The van der Waals surface area contributed by atoms with E-state index in [4.69, 9.17) is 11.6 Å². The van der Waals surface area contributed by atoms with Crippen LogP contribution in [0, 0.1) is 10.1 Å². The Hall–Kier alpha value is -1.85. The van der Waals surface area contributed by atoms with Crippen molar-refractivity contribution in [1.29, 1.82) is 0 Å². The van der Waals surface area contributed by atoms with Crippen LogP contribution in [0.1, 0.15) is 22.8 Å². The Morgan fingerprint density at radius 1 is 1.24 bits per heavy atom. The standard InChI is InChI=1S/C15H12ClNO3S/c1-10(18)11-5-7-12(8-6-11)21-9-13-14(16)3-2-4-15(13)17(19)20/h2-8H,9H2,1H3. The molecule has 0 saturated heterocycles. The number of hydrogen-bond acceptors (Lipinski definition) is 4. The maximum absolute atomic E-state index is 11.2. The molecule has 0 spiro atoms. The maximum Gasteiger partial charge on any atom is 0.274 e. The molecule has 0 aliphatic carbocycles. The first-order chi connectivity index (χ1) is 9.99. The summed E-state index contributed by atoms with van der Waals surface area (Å²) in [5.74, 6) is 0.406. The molecule has 0 atom stereocenters. The number of nitro groups is 1. The van der Waals surface area contributed by atoms with Crippen molar-refractivity contribution < 1.29 is 9.72 Å². The maximum atomic E-state index is 11.2. The highest BCUT2D eigenvalue weighted by Gasteiger charge is 2.16. The van der Waals surface area contributed by atoms with Crippen LogP contribution in [0.5, 0.6) is 0 Å². The lowest BCUT2D eigenvalue weighted by atomic mass is 10.2. The molecule has 0 radical (unpaired) electrons. The topological polar surface area (TPSA) is 60.2 Å². The lowest BCUT2D eigenvalue weighted by Gasteiger charge is -2.06. The number of nitro benzene ring substituents is 1. The summed E-state index contributed by atoms with van der Waals surface area (Å²) in [6.07, 6.45) is 0. The van der Waals surface area contributed by atoms with Crippen molar-refractivity contribution in [2.24, 2.45) is 0 Å². The third-order valence-corrected chi connectivity index (χ3v) is 4.33. The molecule has 0 unspecified atom stereocenters. The predicted molar refractivity (Wildman–Crippen MR) is 84.1 cm³/mol. The molecule has 4 nitrogen and oxygen atoms in total. The third kappa shape index (κ3) is 3.83. The summed E-state index contributed by atoms with van der Waals surface area (Å²) in [5.41, 5.74) is 1.17. The lowest BCUT2D eigenvalue weighted by Crippen LogP contribution is -1.95. The fourth-order valence-corrected chi connectivity index (χ4v) is 3.06. The van der Waals surface area contributed by atoms with Gasteiger partial charge in [-0.2, -0.15) is 0 Å². The van der Waals surface area contributed by atoms with Gasteiger partial charge in [0.2, 0.25) is 0 Å². The van der Waals surface area contributed by atoms with Gasteiger partial charge in [-0.05, 0) is 25.1 Å². The molecular weight excluding hydrogens is 310 g/mol. The number of rotatable bonds is 5. The van der Waals surface area contributed by atoms with Crippen LogP contribution < -0.4 is 0 Å². The quantitative estimate of drug-likeness (QED) is 0.345. The van der Waals surface area contributed by atoms with Crippen molar-refractivity contribution >= 4 is 34.8 Å². The van der Waals surface area contributed by atoms with Gasteiger partial charge in [0.05, 0.1) is 15.5 Å². The molecule has 0 heterocycles. The van der Waals surface area contributed by atoms with Crippen LogP contribution in [-0.4, -0.2) is 10.7 Å². The van der Waals surface area contributed by atoms with Gasteiger partial charge in [-0.25, -0.2) is 0 Å². The van der Waals surface area contributed by atoms with E-state index >= 15 is 0 Å². The summed E-state index contributed by atoms with van der Waals surface area (Å²) in [5, 5.41) is 11.4. The minimum atomic E-state index is -0.430. The van der Waals surface area contributed by atoms with Crippen molar-refractivity contribution in [1.82, 2.24) is 0 Å². The summed E-state index contributed by atoms with van der Waals surface area (Å²) >= 11 is 7.48. The summed E-state index contributed by atoms with van der Waals surface area (Å²) in [4.78, 5) is 22.7. The van der Waals surface area contributed by atoms with Crippen molar-refractivity contribution in [3.05, 3.63) is 68.7 Å². The van der Waals surface area contributed by atoms with E-state index in [-0.39, 0.29) is 11.5 Å². The Labute approximate surface area is 131 Å². The van der Waals surface area contributed by atoms with Gasteiger partial charge < -0.3 is 0 Å². The van der Waals surface area contributed by atoms with Gasteiger partial charge in [0.1, 0.15) is 0 Å². The largest absolute Gasteiger partial charge is 0.295 e. The van der Waals surface area contributed by atoms with Gasteiger partial charge in [0.15, 0.2) is 5.78 Å². The molecule has 2 aromatic rings. The van der Waals surface area contributed by atoms with Crippen molar-refractivity contribution in [3.63, 3.8) is 0 Å². The number of carbonyl (C=O) groups is 1. The second-order valence-corrected chi connectivity index (χ2v) is 5.82. The van der Waals surface area contributed by atoms with E-state index in [1.807, 2.05) is 12.1 Å². The summed E-state index contributed by atoms with van der Waals surface area (Å²) in [7, 11) is 0. The molecule has 0 saturated carbocycles. The SMILES string of the molecule is CC(=O)c1ccc(SCc2c(Cl)cccc2[N+](=O)[O-])cc1. The van der Waals surface area contributed by atoms with E-state index in [0.29, 0.717) is 21.9 Å². The van der Waals surface area contributed by atoms with Crippen molar-refractivity contribution in [2.75, 3.05) is 0 Å². The Bertz CT molecular complexity index is 686. The smallest absolute Gasteiger partial charge is 0.274 e. The average Bonchev–Trinajstić information content (AvgIpc) is 2.46. The van der Waals surface area contributed by atoms with Crippen molar-refractivity contribution in [3.8, 4) is 0 Å². The number of Topliss-reactive ketones (excluding diaryl/α,β-unsaturated/α-hetero) is 1. The highest BCUT2D eigenvalue weighted by atomic mass is 35.5. The number of benzene rings is 2. The second kappa shape index (κ2) is 6.74. The van der Waals surface area contributed by atoms with Crippen LogP contribution >= 0.6 is 23.4 Å². The van der Waals surface area contributed by atoms with Crippen LogP contribution in [0.15, 0.2) is 47.4 Å². The van der Waals surface area contributed by atoms with E-state index in [9.17, 15) is 14.9 Å². The minimum absolute atomic E-state index is 0.00768. The van der Waals surface area contributed by atoms with Gasteiger partial charge >= 0.3 is 0 Å². The minimum Gasteiger partial charge on any atom is -0.295 e. The first-order valence-corrected chi connectivity index (χ1v) is 7.51. The number of thioether (sulfide) groups is 1. The van der Waals surface area contributed by atoms with Gasteiger partial charge in [-0.1, -0.05) is 29.8 Å². The highest BCUT2D eigenvalue weighted by molar-refractivity contribution is 7.98. The fraction of sp³-hybridized carbons (Fsp3) is 0.133. The molecule has 0 amide bonds. The van der Waals surface area contributed by atoms with Gasteiger partial charge in [0.25, 0.3) is 5.69 Å². The zero-order valence-electron chi connectivity index (χ0n) is 11.2. The van der Waals surface area contributed by atoms with Crippen LogP contribution in [0.4, 0.5) is 5.69 Å². The van der Waals surface area contributed by atoms with Crippen LogP contribution in [0.25, 0.3) is 0 Å². The zero-order chi connectivity index (χ0) is 15.4. The van der Waals surface area contributed by atoms with E-state index in [1.54, 1.807) is 24.3 Å². The third-order valence-electron chi connectivity index (χ3n) is 2.93. The zero-order valence-corrected chi connectivity index (χ0v) is 12.8. The molecule has 0 bridgehead atoms. The Kier molecular flexibility index (Phi) is 4.98. The van der Waals surface area contributed by atoms with Gasteiger partial charge in [-0.15, -0.1) is 11.8 Å². The second-order valence-electron chi connectivity index (χ2n) is 4.36. The molecule has 108 valence electrons. The lowest BCUT2D eigenvalue weighted by molar-refractivity contribution is -0.385. The molecule has 0 aromatic heterocycles. The Balaban J connectivity index is 2.16. The number of carbonyl (C=O) groups excluding carboxylic acids is 1. The van der Waals surface area contributed by atoms with Gasteiger partial charge in [-0.3, -0.25) is 14.9 Å². The average molecular weight is 322 g/mol. The van der Waals surface area contributed by atoms with E-state index in [0.717, 1.165) is 4.90 Å². The molecule has 0 fully saturated rings. The summed E-state index contributed by atoms with van der Waals surface area (Å²) in [6, 6.07) is 11.8. The number of halogens is 1. The van der Waals surface area contributed by atoms with E-state index in [1.165, 1.54) is 24.8 Å². The Morgan fingerprint density at radius 2 is 1.90 bits per heavy atom.